The van der Waals surface area contributed by atoms with Gasteiger partial charge in [0.1, 0.15) is 0 Å². The second-order valence-corrected chi connectivity index (χ2v) is 3.54. The van der Waals surface area contributed by atoms with Crippen molar-refractivity contribution in [2.75, 3.05) is 0 Å². The van der Waals surface area contributed by atoms with E-state index in [0.29, 0.717) is 0 Å². The Morgan fingerprint density at radius 2 is 0.333 bits per heavy atom. The van der Waals surface area contributed by atoms with Crippen molar-refractivity contribution < 1.29 is 39.0 Å². The first-order valence-corrected chi connectivity index (χ1v) is 5.00. The van der Waals surface area contributed by atoms with Crippen LogP contribution in [0.25, 0.3) is 0 Å². The van der Waals surface area contributed by atoms with Gasteiger partial charge >= 0.3 is 0 Å². The molecule has 2 fully saturated rings. The number of hydrogen-bond donors (Lipinski definition) is 0. The summed E-state index contributed by atoms with van der Waals surface area (Å²) in [6.07, 6.45) is 15.0. The zero-order valence-electron chi connectivity index (χ0n) is 7.78. The molecule has 0 spiro atoms. The smallest absolute Gasteiger partial charge is 0 e. The third kappa shape index (κ3) is 9.34. The van der Waals surface area contributed by atoms with Gasteiger partial charge in [-0.05, 0) is 0 Å². The van der Waals surface area contributed by atoms with Crippen molar-refractivity contribution in [1.29, 1.82) is 0 Å². The molecule has 76 valence electrons. The van der Waals surface area contributed by atoms with E-state index in [1.54, 1.807) is 0 Å². The summed E-state index contributed by atoms with van der Waals surface area (Å²) in [5.74, 6) is 0. The van der Waals surface area contributed by atoms with Gasteiger partial charge in [0.25, 0.3) is 0 Å². The maximum Gasteiger partial charge on any atom is 0 e. The molecule has 2 aliphatic rings. The monoisotopic (exact) mass is 344 g/mol. The van der Waals surface area contributed by atoms with Crippen molar-refractivity contribution >= 4 is 0 Å². The normalized spacial score (nSPS) is 20.0. The van der Waals surface area contributed by atoms with Gasteiger partial charge < -0.3 is 0 Å². The third-order valence-electron chi connectivity index (χ3n) is 2.50. The molecule has 2 saturated carbocycles. The molecule has 0 aromatic heterocycles. The quantitative estimate of drug-likeness (QED) is 0.586. The molecule has 0 radical (unpaired) electrons. The Hall–Kier alpha value is 1.25. The number of rotatable bonds is 0. The molecule has 0 heterocycles. The van der Waals surface area contributed by atoms with Crippen molar-refractivity contribution in [2.24, 2.45) is 0 Å². The van der Waals surface area contributed by atoms with Gasteiger partial charge in [-0.25, -0.2) is 0 Å². The van der Waals surface area contributed by atoms with Crippen LogP contribution in [0.4, 0.5) is 0 Å². The molecule has 2 heteroatoms. The van der Waals surface area contributed by atoms with E-state index >= 15 is 0 Å². The number of hydrogen-bond acceptors (Lipinski definition) is 0. The van der Waals surface area contributed by atoms with Gasteiger partial charge in [0, 0.05) is 39.0 Å². The molecule has 2 aliphatic carbocycles. The summed E-state index contributed by atoms with van der Waals surface area (Å²) in [7, 11) is 0. The van der Waals surface area contributed by atoms with Gasteiger partial charge in [0.2, 0.25) is 0 Å². The fourth-order valence-corrected chi connectivity index (χ4v) is 1.77. The second-order valence-electron chi connectivity index (χ2n) is 3.54. The molecule has 0 unspecified atom stereocenters. The van der Waals surface area contributed by atoms with Gasteiger partial charge in [-0.3, -0.25) is 0 Å². The van der Waals surface area contributed by atoms with Gasteiger partial charge in [-0.1, -0.05) is 64.2 Å². The minimum Gasteiger partial charge on any atom is -0.0533 e. The Morgan fingerprint density at radius 1 is 0.250 bits per heavy atom. The topological polar surface area (TPSA) is 0 Å². The van der Waals surface area contributed by atoms with Crippen molar-refractivity contribution in [2.45, 2.75) is 64.2 Å². The van der Waals surface area contributed by atoms with Crippen LogP contribution in [0.2, 0.25) is 0 Å². The summed E-state index contributed by atoms with van der Waals surface area (Å²) >= 11 is 0. The molecular weight excluding hydrogens is 322 g/mol. The van der Waals surface area contributed by atoms with Gasteiger partial charge in [0.15, 0.2) is 0 Å². The molecule has 0 aromatic carbocycles. The summed E-state index contributed by atoms with van der Waals surface area (Å²) < 4.78 is 0. The van der Waals surface area contributed by atoms with Crippen LogP contribution in [-0.2, 0) is 39.0 Å². The molecule has 0 amide bonds. The fourth-order valence-electron chi connectivity index (χ4n) is 1.77. The van der Waals surface area contributed by atoms with Crippen LogP contribution >= 0.6 is 0 Å². The van der Waals surface area contributed by atoms with Crippen molar-refractivity contribution in [3.8, 4) is 0 Å². The summed E-state index contributed by atoms with van der Waals surface area (Å²) in [5.41, 5.74) is 0. The molecule has 0 bridgehead atoms. The predicted molar refractivity (Wildman–Crippen MR) is 46.2 cm³/mol. The molecule has 2 rings (SSSR count). The molecule has 0 nitrogen and oxygen atoms in total. The first-order chi connectivity index (χ1) is 5.00. The van der Waals surface area contributed by atoms with Gasteiger partial charge in [-0.15, -0.1) is 0 Å². The minimum absolute atomic E-state index is 0. The van der Waals surface area contributed by atoms with Gasteiger partial charge in [0.05, 0.1) is 0 Å². The van der Waals surface area contributed by atoms with E-state index < -0.39 is 0 Å². The first-order valence-electron chi connectivity index (χ1n) is 5.00. The predicted octanol–water partition coefficient (Wildman–Crippen LogP) is 3.90. The van der Waals surface area contributed by atoms with Crippen LogP contribution < -0.4 is 0 Å². The zero-order valence-corrected chi connectivity index (χ0v) is 11.3. The summed E-state index contributed by atoms with van der Waals surface area (Å²) in [5, 5.41) is 0. The Bertz CT molecular complexity index is 41.0. The zero-order chi connectivity index (χ0) is 7.07. The van der Waals surface area contributed by atoms with Gasteiger partial charge in [-0.2, -0.15) is 0 Å². The van der Waals surface area contributed by atoms with E-state index in [9.17, 15) is 0 Å². The molecule has 0 aromatic rings. The van der Waals surface area contributed by atoms with Crippen LogP contribution in [0, 0.1) is 0 Å². The fraction of sp³-hybridized carbons (Fsp3) is 1.00. The summed E-state index contributed by atoms with van der Waals surface area (Å²) in [6.45, 7) is 0. The molecule has 0 saturated heterocycles. The minimum atomic E-state index is 0. The third-order valence-corrected chi connectivity index (χ3v) is 2.50. The summed E-state index contributed by atoms with van der Waals surface area (Å²) in [6, 6.07) is 0. The van der Waals surface area contributed by atoms with E-state index in [-0.39, 0.29) is 39.0 Å². The molecule has 0 aliphatic heterocycles. The molecule has 0 N–H and O–H groups in total. The van der Waals surface area contributed by atoms with E-state index in [2.05, 4.69) is 0 Å². The molecule has 12 heavy (non-hydrogen) atoms. The average Bonchev–Trinajstić information content (AvgIpc) is 2.67. The van der Waals surface area contributed by atoms with Crippen LogP contribution in [0.15, 0.2) is 0 Å². The maximum atomic E-state index is 1.50. The van der Waals surface area contributed by atoms with Crippen LogP contribution in [-0.4, -0.2) is 0 Å². The van der Waals surface area contributed by atoms with E-state index in [1.807, 2.05) is 0 Å². The van der Waals surface area contributed by atoms with Crippen LogP contribution in [0.1, 0.15) is 64.2 Å². The Balaban J connectivity index is 0. The largest absolute Gasteiger partial charge is 0.0533 e. The van der Waals surface area contributed by atoms with E-state index in [0.717, 1.165) is 0 Å². The standard InChI is InChI=1S/2C5H10.2Ru/c2*1-2-4-5-3-1;;/h2*1-5H2;;. The Labute approximate surface area is 103 Å². The van der Waals surface area contributed by atoms with Crippen LogP contribution in [0.5, 0.6) is 0 Å². The Kier molecular flexibility index (Phi) is 16.0. The first kappa shape index (κ1) is 15.7. The SMILES string of the molecule is C1CCCC1.C1CCCC1.[Ru].[Ru]. The summed E-state index contributed by atoms with van der Waals surface area (Å²) in [4.78, 5) is 0. The second kappa shape index (κ2) is 12.2. The molecule has 0 atom stereocenters. The molecular formula is C10H20Ru2. The van der Waals surface area contributed by atoms with Crippen molar-refractivity contribution in [1.82, 2.24) is 0 Å². The maximum absolute atomic E-state index is 1.50. The van der Waals surface area contributed by atoms with E-state index in [4.69, 9.17) is 0 Å². The van der Waals surface area contributed by atoms with Crippen molar-refractivity contribution in [3.63, 3.8) is 0 Å². The Morgan fingerprint density at radius 3 is 0.417 bits per heavy atom. The van der Waals surface area contributed by atoms with Crippen molar-refractivity contribution in [3.05, 3.63) is 0 Å². The van der Waals surface area contributed by atoms with E-state index in [1.165, 1.54) is 64.2 Å². The average molecular weight is 342 g/mol. The van der Waals surface area contributed by atoms with Crippen LogP contribution in [0.3, 0.4) is 0 Å².